The van der Waals surface area contributed by atoms with E-state index in [1.165, 1.54) is 0 Å². The van der Waals surface area contributed by atoms with Gasteiger partial charge in [-0.3, -0.25) is 0 Å². The third-order valence-corrected chi connectivity index (χ3v) is 1.59. The SMILES string of the molecule is [C-]#[N+]Cc1cc(C)c(Cl)nn1. The summed E-state index contributed by atoms with van der Waals surface area (Å²) in [6.45, 7) is 8.70. The van der Waals surface area contributed by atoms with Crippen LogP contribution < -0.4 is 0 Å². The van der Waals surface area contributed by atoms with Gasteiger partial charge in [0, 0.05) is 0 Å². The average molecular weight is 168 g/mol. The van der Waals surface area contributed by atoms with Crippen LogP contribution in [0.15, 0.2) is 6.07 Å². The molecule has 0 aromatic carbocycles. The number of aryl methyl sites for hydroxylation is 1. The summed E-state index contributed by atoms with van der Waals surface area (Å²) in [5.74, 6) is 0. The van der Waals surface area contributed by atoms with Gasteiger partial charge in [-0.2, -0.15) is 0 Å². The Hall–Kier alpha value is -1.14. The molecule has 0 spiro atoms. The third-order valence-electron chi connectivity index (χ3n) is 1.22. The van der Waals surface area contributed by atoms with Crippen molar-refractivity contribution in [3.63, 3.8) is 0 Å². The summed E-state index contributed by atoms with van der Waals surface area (Å²) in [5, 5.41) is 7.80. The predicted molar refractivity (Wildman–Crippen MR) is 42.1 cm³/mol. The Balaban J connectivity index is 2.98. The van der Waals surface area contributed by atoms with Crippen LogP contribution in [0, 0.1) is 13.5 Å². The minimum atomic E-state index is 0.269. The highest BCUT2D eigenvalue weighted by Crippen LogP contribution is 2.10. The molecule has 1 heterocycles. The summed E-state index contributed by atoms with van der Waals surface area (Å²) < 4.78 is 0. The average Bonchev–Trinajstić information content (AvgIpc) is 1.98. The molecule has 56 valence electrons. The van der Waals surface area contributed by atoms with E-state index in [2.05, 4.69) is 15.0 Å². The molecule has 0 aliphatic heterocycles. The summed E-state index contributed by atoms with van der Waals surface area (Å²) in [7, 11) is 0. The van der Waals surface area contributed by atoms with Crippen molar-refractivity contribution in [1.82, 2.24) is 10.2 Å². The molecule has 4 heteroatoms. The second-order valence-corrected chi connectivity index (χ2v) is 2.48. The fourth-order valence-electron chi connectivity index (χ4n) is 0.684. The molecule has 0 saturated heterocycles. The van der Waals surface area contributed by atoms with Crippen molar-refractivity contribution in [3.8, 4) is 0 Å². The van der Waals surface area contributed by atoms with Crippen LogP contribution >= 0.6 is 11.6 Å². The number of hydrogen-bond donors (Lipinski definition) is 0. The minimum Gasteiger partial charge on any atom is -0.310 e. The fourth-order valence-corrected chi connectivity index (χ4v) is 0.776. The van der Waals surface area contributed by atoms with Crippen LogP contribution in [0.2, 0.25) is 5.15 Å². The van der Waals surface area contributed by atoms with E-state index in [0.717, 1.165) is 5.56 Å². The summed E-state index contributed by atoms with van der Waals surface area (Å²) >= 11 is 5.63. The Morgan fingerprint density at radius 2 is 2.36 bits per heavy atom. The van der Waals surface area contributed by atoms with Gasteiger partial charge in [0.25, 0.3) is 6.54 Å². The minimum absolute atomic E-state index is 0.269. The quantitative estimate of drug-likeness (QED) is 0.598. The number of aromatic nitrogens is 2. The molecule has 0 radical (unpaired) electrons. The molecule has 3 nitrogen and oxygen atoms in total. The Labute approximate surface area is 69.8 Å². The monoisotopic (exact) mass is 167 g/mol. The van der Waals surface area contributed by atoms with Crippen molar-refractivity contribution in [1.29, 1.82) is 0 Å². The van der Waals surface area contributed by atoms with Crippen molar-refractivity contribution >= 4 is 11.6 Å². The van der Waals surface area contributed by atoms with Gasteiger partial charge < -0.3 is 4.85 Å². The first kappa shape index (κ1) is 7.96. The highest BCUT2D eigenvalue weighted by atomic mass is 35.5. The van der Waals surface area contributed by atoms with E-state index in [1.807, 2.05) is 6.92 Å². The zero-order chi connectivity index (χ0) is 8.27. The number of nitrogens with zero attached hydrogens (tertiary/aromatic N) is 3. The molecule has 0 aliphatic carbocycles. The maximum atomic E-state index is 6.59. The Kier molecular flexibility index (Phi) is 2.40. The van der Waals surface area contributed by atoms with Gasteiger partial charge >= 0.3 is 0 Å². The standard InChI is InChI=1S/C7H6ClN3/c1-5-3-6(4-9-2)10-11-7(5)8/h3H,4H2,1H3. The van der Waals surface area contributed by atoms with Crippen molar-refractivity contribution in [2.45, 2.75) is 13.5 Å². The van der Waals surface area contributed by atoms with E-state index in [1.54, 1.807) is 6.07 Å². The molecular weight excluding hydrogens is 162 g/mol. The second kappa shape index (κ2) is 3.31. The largest absolute Gasteiger partial charge is 0.310 e. The topological polar surface area (TPSA) is 30.1 Å². The Morgan fingerprint density at radius 1 is 1.64 bits per heavy atom. The molecule has 0 bridgehead atoms. The summed E-state index contributed by atoms with van der Waals surface area (Å²) in [5.41, 5.74) is 1.53. The highest BCUT2D eigenvalue weighted by Gasteiger charge is 2.01. The Morgan fingerprint density at radius 3 is 2.91 bits per heavy atom. The molecule has 0 atom stereocenters. The zero-order valence-electron chi connectivity index (χ0n) is 6.00. The first-order valence-electron chi connectivity index (χ1n) is 3.06. The van der Waals surface area contributed by atoms with Crippen molar-refractivity contribution < 1.29 is 0 Å². The van der Waals surface area contributed by atoms with Gasteiger partial charge in [0.1, 0.15) is 5.69 Å². The molecule has 0 amide bonds. The number of hydrogen-bond acceptors (Lipinski definition) is 2. The first-order valence-corrected chi connectivity index (χ1v) is 3.43. The van der Waals surface area contributed by atoms with Crippen LogP contribution in [-0.4, -0.2) is 10.2 Å². The van der Waals surface area contributed by atoms with Crippen LogP contribution in [0.5, 0.6) is 0 Å². The molecular formula is C7H6ClN3. The number of rotatable bonds is 1. The van der Waals surface area contributed by atoms with Gasteiger partial charge in [0.05, 0.1) is 0 Å². The third kappa shape index (κ3) is 1.89. The van der Waals surface area contributed by atoms with Crippen LogP contribution in [0.25, 0.3) is 4.85 Å². The maximum absolute atomic E-state index is 6.59. The van der Waals surface area contributed by atoms with Gasteiger partial charge in [-0.25, -0.2) is 6.57 Å². The molecule has 0 fully saturated rings. The predicted octanol–water partition coefficient (Wildman–Crippen LogP) is 1.86. The smallest absolute Gasteiger partial charge is 0.258 e. The van der Waals surface area contributed by atoms with E-state index in [-0.39, 0.29) is 6.54 Å². The lowest BCUT2D eigenvalue weighted by Gasteiger charge is -1.94. The van der Waals surface area contributed by atoms with Gasteiger partial charge in [-0.05, 0) is 18.6 Å². The van der Waals surface area contributed by atoms with Gasteiger partial charge in [0.2, 0.25) is 0 Å². The second-order valence-electron chi connectivity index (χ2n) is 2.13. The summed E-state index contributed by atoms with van der Waals surface area (Å²) in [6, 6.07) is 1.77. The van der Waals surface area contributed by atoms with Crippen molar-refractivity contribution in [2.75, 3.05) is 0 Å². The normalized spacial score (nSPS) is 9.18. The zero-order valence-corrected chi connectivity index (χ0v) is 6.76. The van der Waals surface area contributed by atoms with Crippen molar-refractivity contribution in [2.24, 2.45) is 0 Å². The lowest BCUT2D eigenvalue weighted by atomic mass is 10.3. The number of halogens is 1. The molecule has 0 aliphatic rings. The molecule has 1 aromatic rings. The van der Waals surface area contributed by atoms with Crippen LogP contribution in [-0.2, 0) is 6.54 Å². The maximum Gasteiger partial charge on any atom is 0.258 e. The summed E-state index contributed by atoms with van der Waals surface area (Å²) in [6.07, 6.45) is 0. The molecule has 0 saturated carbocycles. The lowest BCUT2D eigenvalue weighted by molar-refractivity contribution is 0.935. The van der Waals surface area contributed by atoms with E-state index < -0.39 is 0 Å². The van der Waals surface area contributed by atoms with Gasteiger partial charge in [-0.15, -0.1) is 10.2 Å². The summed E-state index contributed by atoms with van der Waals surface area (Å²) in [4.78, 5) is 3.18. The van der Waals surface area contributed by atoms with E-state index in [0.29, 0.717) is 10.8 Å². The molecule has 0 N–H and O–H groups in total. The molecule has 11 heavy (non-hydrogen) atoms. The van der Waals surface area contributed by atoms with Crippen LogP contribution in [0.4, 0.5) is 0 Å². The molecule has 1 aromatic heterocycles. The van der Waals surface area contributed by atoms with E-state index in [4.69, 9.17) is 18.2 Å². The van der Waals surface area contributed by atoms with Crippen LogP contribution in [0.3, 0.4) is 0 Å². The molecule has 0 unspecified atom stereocenters. The first-order chi connectivity index (χ1) is 5.24. The molecule has 1 rings (SSSR count). The Bertz CT molecular complexity index is 303. The highest BCUT2D eigenvalue weighted by molar-refractivity contribution is 6.30. The van der Waals surface area contributed by atoms with Crippen molar-refractivity contribution in [3.05, 3.63) is 33.9 Å². The van der Waals surface area contributed by atoms with E-state index in [9.17, 15) is 0 Å². The van der Waals surface area contributed by atoms with Gasteiger partial charge in [0.15, 0.2) is 5.15 Å². The van der Waals surface area contributed by atoms with Crippen LogP contribution in [0.1, 0.15) is 11.3 Å². The fraction of sp³-hybridized carbons (Fsp3) is 0.286. The van der Waals surface area contributed by atoms with E-state index >= 15 is 0 Å². The lowest BCUT2D eigenvalue weighted by Crippen LogP contribution is -1.92. The van der Waals surface area contributed by atoms with Gasteiger partial charge in [-0.1, -0.05) is 11.6 Å².